The van der Waals surface area contributed by atoms with E-state index in [9.17, 15) is 13.2 Å². The van der Waals surface area contributed by atoms with Gasteiger partial charge in [-0.2, -0.15) is 4.31 Å². The lowest BCUT2D eigenvalue weighted by Crippen LogP contribution is -2.50. The Labute approximate surface area is 130 Å². The number of hydrogen-bond acceptors (Lipinski definition) is 4. The highest BCUT2D eigenvalue weighted by Crippen LogP contribution is 2.22. The minimum absolute atomic E-state index is 0.0661. The molecule has 0 spiro atoms. The van der Waals surface area contributed by atoms with Gasteiger partial charge in [0, 0.05) is 31.1 Å². The lowest BCUT2D eigenvalue weighted by Gasteiger charge is -2.33. The Balaban J connectivity index is 1.84. The summed E-state index contributed by atoms with van der Waals surface area (Å²) in [6.45, 7) is 3.75. The molecule has 1 aliphatic rings. The van der Waals surface area contributed by atoms with Crippen molar-refractivity contribution >= 4 is 27.7 Å². The lowest BCUT2D eigenvalue weighted by molar-refractivity contribution is -0.129. The summed E-state index contributed by atoms with van der Waals surface area (Å²) in [4.78, 5) is 15.0. The summed E-state index contributed by atoms with van der Waals surface area (Å²) >= 11 is 1.53. The smallest absolute Gasteiger partial charge is 0.233 e. The van der Waals surface area contributed by atoms with E-state index >= 15 is 0 Å². The molecule has 1 fully saturated rings. The Hall–Kier alpha value is -1.05. The molecule has 5 nitrogen and oxygen atoms in total. The van der Waals surface area contributed by atoms with Crippen molar-refractivity contribution in [1.82, 2.24) is 9.21 Å². The molecular weight excluding hydrogens is 308 g/mol. The van der Waals surface area contributed by atoms with Crippen LogP contribution < -0.4 is 0 Å². The first-order valence-corrected chi connectivity index (χ1v) is 9.62. The second-order valence-electron chi connectivity index (χ2n) is 5.10. The number of thioether (sulfide) groups is 1. The van der Waals surface area contributed by atoms with Crippen LogP contribution in [0.25, 0.3) is 0 Å². The van der Waals surface area contributed by atoms with E-state index in [1.807, 2.05) is 31.2 Å². The first kappa shape index (κ1) is 16.3. The van der Waals surface area contributed by atoms with Gasteiger partial charge in [0.2, 0.25) is 15.9 Å². The highest BCUT2D eigenvalue weighted by Gasteiger charge is 2.25. The van der Waals surface area contributed by atoms with Gasteiger partial charge < -0.3 is 4.90 Å². The molecule has 1 aromatic carbocycles. The van der Waals surface area contributed by atoms with Crippen molar-refractivity contribution in [2.75, 3.05) is 38.2 Å². The zero-order chi connectivity index (χ0) is 15.5. The molecule has 7 heteroatoms. The van der Waals surface area contributed by atoms with E-state index in [0.717, 1.165) is 10.5 Å². The molecule has 116 valence electrons. The van der Waals surface area contributed by atoms with Gasteiger partial charge in [-0.05, 0) is 18.6 Å². The average Bonchev–Trinajstić information content (AvgIpc) is 2.45. The highest BCUT2D eigenvalue weighted by atomic mass is 32.2. The topological polar surface area (TPSA) is 57.7 Å². The standard InChI is InChI=1S/C14H20N2O3S2/c1-12-5-3-4-6-13(12)20-11-14(17)15-7-9-16(10-8-15)21(2,18)19/h3-6H,7-11H2,1-2H3. The van der Waals surface area contributed by atoms with Gasteiger partial charge in [0.15, 0.2) is 0 Å². The molecule has 0 radical (unpaired) electrons. The molecule has 0 atom stereocenters. The van der Waals surface area contributed by atoms with Crippen LogP contribution in [0.4, 0.5) is 0 Å². The van der Waals surface area contributed by atoms with Gasteiger partial charge >= 0.3 is 0 Å². The van der Waals surface area contributed by atoms with E-state index in [2.05, 4.69) is 0 Å². The Kier molecular flexibility index (Phi) is 5.29. The van der Waals surface area contributed by atoms with Crippen LogP contribution in [0.3, 0.4) is 0 Å². The van der Waals surface area contributed by atoms with Gasteiger partial charge in [0.1, 0.15) is 0 Å². The zero-order valence-corrected chi connectivity index (χ0v) is 13.9. The Morgan fingerprint density at radius 2 is 1.81 bits per heavy atom. The Bertz CT molecular complexity index is 608. The fourth-order valence-electron chi connectivity index (χ4n) is 2.22. The largest absolute Gasteiger partial charge is 0.339 e. The summed E-state index contributed by atoms with van der Waals surface area (Å²) < 4.78 is 24.3. The molecule has 21 heavy (non-hydrogen) atoms. The maximum Gasteiger partial charge on any atom is 0.233 e. The normalized spacial score (nSPS) is 17.0. The van der Waals surface area contributed by atoms with Crippen molar-refractivity contribution in [2.45, 2.75) is 11.8 Å². The third-order valence-corrected chi connectivity index (χ3v) is 5.97. The maximum absolute atomic E-state index is 12.2. The monoisotopic (exact) mass is 328 g/mol. The molecule has 0 unspecified atom stereocenters. The molecule has 0 saturated carbocycles. The van der Waals surface area contributed by atoms with Crippen LogP contribution in [0.2, 0.25) is 0 Å². The number of rotatable bonds is 4. The second-order valence-corrected chi connectivity index (χ2v) is 8.10. The van der Waals surface area contributed by atoms with Gasteiger partial charge in [-0.3, -0.25) is 4.79 Å². The Morgan fingerprint density at radius 1 is 1.19 bits per heavy atom. The highest BCUT2D eigenvalue weighted by molar-refractivity contribution is 8.00. The van der Waals surface area contributed by atoms with E-state index in [-0.39, 0.29) is 5.91 Å². The minimum atomic E-state index is -3.15. The van der Waals surface area contributed by atoms with Gasteiger partial charge in [0.25, 0.3) is 0 Å². The van der Waals surface area contributed by atoms with Gasteiger partial charge in [-0.15, -0.1) is 11.8 Å². The van der Waals surface area contributed by atoms with Crippen molar-refractivity contribution in [3.8, 4) is 0 Å². The molecular formula is C14H20N2O3S2. The molecule has 1 heterocycles. The molecule has 2 rings (SSSR count). The summed E-state index contributed by atoms with van der Waals surface area (Å²) in [7, 11) is -3.15. The number of hydrogen-bond donors (Lipinski definition) is 0. The van der Waals surface area contributed by atoms with Gasteiger partial charge in [0.05, 0.1) is 12.0 Å². The molecule has 1 saturated heterocycles. The summed E-state index contributed by atoms with van der Waals surface area (Å²) in [6.07, 6.45) is 1.21. The SMILES string of the molecule is Cc1ccccc1SCC(=O)N1CCN(S(C)(=O)=O)CC1. The quantitative estimate of drug-likeness (QED) is 0.779. The average molecular weight is 328 g/mol. The summed E-state index contributed by atoms with van der Waals surface area (Å²) in [6, 6.07) is 7.98. The van der Waals surface area contributed by atoms with Crippen LogP contribution in [-0.4, -0.2) is 61.7 Å². The Morgan fingerprint density at radius 3 is 2.38 bits per heavy atom. The predicted octanol–water partition coefficient (Wildman–Crippen LogP) is 1.19. The number of carbonyl (C=O) groups excluding carboxylic acids is 1. The number of nitrogens with zero attached hydrogens (tertiary/aromatic N) is 2. The van der Waals surface area contributed by atoms with Crippen LogP contribution in [0.15, 0.2) is 29.2 Å². The second kappa shape index (κ2) is 6.81. The molecule has 1 amide bonds. The van der Waals surface area contributed by atoms with Crippen LogP contribution >= 0.6 is 11.8 Å². The summed E-state index contributed by atoms with van der Waals surface area (Å²) in [5, 5.41) is 0. The van der Waals surface area contributed by atoms with Gasteiger partial charge in [-0.25, -0.2) is 8.42 Å². The zero-order valence-electron chi connectivity index (χ0n) is 12.3. The fourth-order valence-corrected chi connectivity index (χ4v) is 3.98. The van der Waals surface area contributed by atoms with Crippen LogP contribution in [0.1, 0.15) is 5.56 Å². The molecule has 1 aromatic rings. The van der Waals surface area contributed by atoms with Crippen molar-refractivity contribution in [2.24, 2.45) is 0 Å². The first-order valence-electron chi connectivity index (χ1n) is 6.79. The first-order chi connectivity index (χ1) is 9.88. The fraction of sp³-hybridized carbons (Fsp3) is 0.500. The number of piperazine rings is 1. The molecule has 0 N–H and O–H groups in total. The lowest BCUT2D eigenvalue weighted by atomic mass is 10.2. The minimum Gasteiger partial charge on any atom is -0.339 e. The van der Waals surface area contributed by atoms with Crippen LogP contribution in [0, 0.1) is 6.92 Å². The summed E-state index contributed by atoms with van der Waals surface area (Å²) in [5.41, 5.74) is 1.16. The van der Waals surface area contributed by atoms with E-state index in [1.54, 1.807) is 4.90 Å². The van der Waals surface area contributed by atoms with E-state index in [1.165, 1.54) is 22.3 Å². The third-order valence-electron chi connectivity index (χ3n) is 3.51. The number of carbonyl (C=O) groups is 1. The number of aryl methyl sites for hydroxylation is 1. The number of sulfonamides is 1. The van der Waals surface area contributed by atoms with Crippen molar-refractivity contribution in [1.29, 1.82) is 0 Å². The third kappa shape index (κ3) is 4.46. The van der Waals surface area contributed by atoms with Crippen molar-refractivity contribution in [3.05, 3.63) is 29.8 Å². The van der Waals surface area contributed by atoms with Crippen molar-refractivity contribution < 1.29 is 13.2 Å². The van der Waals surface area contributed by atoms with E-state index < -0.39 is 10.0 Å². The van der Waals surface area contributed by atoms with Gasteiger partial charge in [-0.1, -0.05) is 18.2 Å². The number of amides is 1. The van der Waals surface area contributed by atoms with Crippen LogP contribution in [-0.2, 0) is 14.8 Å². The van der Waals surface area contributed by atoms with E-state index in [0.29, 0.717) is 31.9 Å². The predicted molar refractivity (Wildman–Crippen MR) is 84.9 cm³/mol. The molecule has 0 aromatic heterocycles. The van der Waals surface area contributed by atoms with E-state index in [4.69, 9.17) is 0 Å². The van der Waals surface area contributed by atoms with Crippen LogP contribution in [0.5, 0.6) is 0 Å². The maximum atomic E-state index is 12.2. The number of benzene rings is 1. The van der Waals surface area contributed by atoms with Crippen molar-refractivity contribution in [3.63, 3.8) is 0 Å². The molecule has 1 aliphatic heterocycles. The summed E-state index contributed by atoms with van der Waals surface area (Å²) in [5.74, 6) is 0.459. The molecule has 0 aliphatic carbocycles. The molecule has 0 bridgehead atoms.